The molecule has 136 valence electrons. The van der Waals surface area contributed by atoms with E-state index >= 15 is 0 Å². The fraction of sp³-hybridized carbons (Fsp3) is 0.300. The Morgan fingerprint density at radius 1 is 0.846 bits per heavy atom. The highest BCUT2D eigenvalue weighted by Gasteiger charge is 2.44. The van der Waals surface area contributed by atoms with E-state index in [1.165, 1.54) is 0 Å². The maximum Gasteiger partial charge on any atom is 0.126 e. The Morgan fingerprint density at radius 2 is 1.62 bits per heavy atom. The number of hydrogen-bond acceptors (Lipinski definition) is 5. The largest absolute Gasteiger partial charge is 0.394 e. The highest BCUT2D eigenvalue weighted by molar-refractivity contribution is 5.86. The van der Waals surface area contributed by atoms with E-state index in [2.05, 4.69) is 11.1 Å². The van der Waals surface area contributed by atoms with Crippen molar-refractivity contribution < 1.29 is 25.2 Å². The molecule has 0 unspecified atom stereocenters. The monoisotopic (exact) mass is 355 g/mol. The van der Waals surface area contributed by atoms with Gasteiger partial charge in [-0.15, -0.1) is 0 Å². The maximum absolute atomic E-state index is 10.3. The molecule has 1 aliphatic rings. The van der Waals surface area contributed by atoms with Crippen LogP contribution in [0.5, 0.6) is 0 Å². The summed E-state index contributed by atoms with van der Waals surface area (Å²) in [6.07, 6.45) is -5.83. The summed E-state index contributed by atoms with van der Waals surface area (Å²) in [5, 5.41) is 41.7. The molecule has 5 atom stereocenters. The first-order valence-corrected chi connectivity index (χ1v) is 8.57. The lowest BCUT2D eigenvalue weighted by atomic mass is 9.94. The first-order valence-electron chi connectivity index (χ1n) is 8.57. The van der Waals surface area contributed by atoms with Gasteiger partial charge in [-0.1, -0.05) is 36.4 Å². The van der Waals surface area contributed by atoms with Crippen molar-refractivity contribution in [3.63, 3.8) is 0 Å². The molecule has 6 nitrogen and oxygen atoms in total. The quantitative estimate of drug-likeness (QED) is 0.488. The zero-order valence-electron chi connectivity index (χ0n) is 14.0. The molecule has 2 aromatic carbocycles. The molecule has 26 heavy (non-hydrogen) atoms. The van der Waals surface area contributed by atoms with Gasteiger partial charge in [0, 0.05) is 11.4 Å². The molecule has 1 aromatic heterocycles. The molecule has 5 N–H and O–H groups in total. The Labute approximate surface area is 150 Å². The summed E-state index contributed by atoms with van der Waals surface area (Å²) in [7, 11) is 0. The molecular weight excluding hydrogens is 334 g/mol. The third kappa shape index (κ3) is 2.92. The van der Waals surface area contributed by atoms with Gasteiger partial charge in [0.1, 0.15) is 30.5 Å². The Balaban J connectivity index is 1.64. The topological polar surface area (TPSA) is 106 Å². The first-order chi connectivity index (χ1) is 12.6. The zero-order chi connectivity index (χ0) is 18.3. The molecule has 0 amide bonds. The molecule has 4 rings (SSSR count). The van der Waals surface area contributed by atoms with Crippen LogP contribution in [-0.4, -0.2) is 56.4 Å². The summed E-state index contributed by atoms with van der Waals surface area (Å²) in [4.78, 5) is 3.21. The van der Waals surface area contributed by atoms with Crippen LogP contribution in [0.2, 0.25) is 0 Å². The standard InChI is InChI=1S/C20H21NO5/c22-10-16-17(23)18(24)19(25)20(26-16)15-8-7-14(21-15)13-6-5-11-3-1-2-4-12(11)9-13/h1-9,16-25H,10H2/t16-,17-,18+,19-,20+/m1/s1. The third-order valence-corrected chi connectivity index (χ3v) is 4.97. The van der Waals surface area contributed by atoms with Crippen LogP contribution in [0.4, 0.5) is 0 Å². The number of aromatic amines is 1. The number of nitrogens with one attached hydrogen (secondary N) is 1. The van der Waals surface area contributed by atoms with Crippen LogP contribution in [0.25, 0.3) is 22.0 Å². The van der Waals surface area contributed by atoms with Gasteiger partial charge in [-0.25, -0.2) is 0 Å². The van der Waals surface area contributed by atoms with Crippen molar-refractivity contribution >= 4 is 10.8 Å². The van der Waals surface area contributed by atoms with E-state index in [0.717, 1.165) is 22.0 Å². The lowest BCUT2D eigenvalue weighted by Gasteiger charge is -2.39. The molecule has 1 fully saturated rings. The smallest absolute Gasteiger partial charge is 0.126 e. The first kappa shape index (κ1) is 17.2. The molecule has 1 saturated heterocycles. The lowest BCUT2D eigenvalue weighted by Crippen LogP contribution is -2.55. The van der Waals surface area contributed by atoms with Crippen LogP contribution in [0, 0.1) is 0 Å². The number of aliphatic hydroxyl groups excluding tert-OH is 4. The number of H-pyrrole nitrogens is 1. The van der Waals surface area contributed by atoms with Gasteiger partial charge < -0.3 is 30.1 Å². The molecule has 6 heteroatoms. The van der Waals surface area contributed by atoms with Gasteiger partial charge in [-0.05, 0) is 34.5 Å². The summed E-state index contributed by atoms with van der Waals surface area (Å²) >= 11 is 0. The number of ether oxygens (including phenoxy) is 1. The number of aromatic nitrogens is 1. The molecule has 0 radical (unpaired) electrons. The van der Waals surface area contributed by atoms with Crippen LogP contribution in [0.1, 0.15) is 11.8 Å². The van der Waals surface area contributed by atoms with Crippen LogP contribution in [0.15, 0.2) is 54.6 Å². The van der Waals surface area contributed by atoms with E-state index < -0.39 is 37.1 Å². The molecule has 0 saturated carbocycles. The van der Waals surface area contributed by atoms with Crippen LogP contribution >= 0.6 is 0 Å². The van der Waals surface area contributed by atoms with Crippen molar-refractivity contribution in [3.05, 3.63) is 60.3 Å². The van der Waals surface area contributed by atoms with Crippen molar-refractivity contribution in [2.75, 3.05) is 6.61 Å². The molecule has 2 heterocycles. The van der Waals surface area contributed by atoms with Gasteiger partial charge in [-0.2, -0.15) is 0 Å². The summed E-state index contributed by atoms with van der Waals surface area (Å²) in [6.45, 7) is -0.445. The fourth-order valence-electron chi connectivity index (χ4n) is 3.46. The molecular formula is C20H21NO5. The average Bonchev–Trinajstić information content (AvgIpc) is 3.16. The van der Waals surface area contributed by atoms with Gasteiger partial charge in [-0.3, -0.25) is 0 Å². The number of benzene rings is 2. The lowest BCUT2D eigenvalue weighted by molar-refractivity contribution is -0.232. The molecule has 0 aliphatic carbocycles. The zero-order valence-corrected chi connectivity index (χ0v) is 14.0. The van der Waals surface area contributed by atoms with E-state index in [4.69, 9.17) is 4.74 Å². The highest BCUT2D eigenvalue weighted by Crippen LogP contribution is 2.33. The predicted octanol–water partition coefficient (Wildman–Crippen LogP) is 1.35. The van der Waals surface area contributed by atoms with E-state index in [9.17, 15) is 20.4 Å². The van der Waals surface area contributed by atoms with Crippen molar-refractivity contribution in [2.45, 2.75) is 30.5 Å². The minimum Gasteiger partial charge on any atom is -0.394 e. The van der Waals surface area contributed by atoms with E-state index in [1.807, 2.05) is 42.5 Å². The second-order valence-corrected chi connectivity index (χ2v) is 6.64. The van der Waals surface area contributed by atoms with Gasteiger partial charge in [0.15, 0.2) is 0 Å². The molecule has 1 aliphatic heterocycles. The van der Waals surface area contributed by atoms with Crippen molar-refractivity contribution in [1.29, 1.82) is 0 Å². The molecule has 3 aromatic rings. The van der Waals surface area contributed by atoms with Gasteiger partial charge in [0.2, 0.25) is 0 Å². The Bertz CT molecular complexity index is 906. The molecule has 0 bridgehead atoms. The predicted molar refractivity (Wildman–Crippen MR) is 96.5 cm³/mol. The van der Waals surface area contributed by atoms with Gasteiger partial charge in [0.05, 0.1) is 6.61 Å². The summed E-state index contributed by atoms with van der Waals surface area (Å²) in [6, 6.07) is 17.8. The van der Waals surface area contributed by atoms with Crippen LogP contribution in [0.3, 0.4) is 0 Å². The number of fused-ring (bicyclic) bond motifs is 1. The van der Waals surface area contributed by atoms with E-state index in [1.54, 1.807) is 6.07 Å². The average molecular weight is 355 g/mol. The SMILES string of the molecule is OC[C@H]1O[C@@H](c2ccc(-c3ccc4ccccc4c3)[nH]2)[C@H](O)[C@@H](O)[C@@H]1O. The highest BCUT2D eigenvalue weighted by atomic mass is 16.5. The Hall–Kier alpha value is -2.22. The van der Waals surface area contributed by atoms with Crippen LogP contribution in [-0.2, 0) is 4.74 Å². The number of rotatable bonds is 3. The van der Waals surface area contributed by atoms with Gasteiger partial charge in [0.25, 0.3) is 0 Å². The number of hydrogen-bond donors (Lipinski definition) is 5. The fourth-order valence-corrected chi connectivity index (χ4v) is 3.46. The maximum atomic E-state index is 10.3. The van der Waals surface area contributed by atoms with Crippen molar-refractivity contribution in [3.8, 4) is 11.3 Å². The van der Waals surface area contributed by atoms with E-state index in [0.29, 0.717) is 5.69 Å². The Morgan fingerprint density at radius 3 is 2.38 bits per heavy atom. The van der Waals surface area contributed by atoms with E-state index in [-0.39, 0.29) is 0 Å². The summed E-state index contributed by atoms with van der Waals surface area (Å²) < 4.78 is 5.59. The Kier molecular flexibility index (Phi) is 4.52. The van der Waals surface area contributed by atoms with Crippen molar-refractivity contribution in [2.24, 2.45) is 0 Å². The third-order valence-electron chi connectivity index (χ3n) is 4.97. The second kappa shape index (κ2) is 6.83. The second-order valence-electron chi connectivity index (χ2n) is 6.64. The summed E-state index contributed by atoms with van der Waals surface area (Å²) in [5.41, 5.74) is 2.41. The minimum absolute atomic E-state index is 0.445. The van der Waals surface area contributed by atoms with Crippen LogP contribution < -0.4 is 0 Å². The minimum atomic E-state index is -1.39. The summed E-state index contributed by atoms with van der Waals surface area (Å²) in [5.74, 6) is 0. The van der Waals surface area contributed by atoms with Gasteiger partial charge >= 0.3 is 0 Å². The molecule has 0 spiro atoms. The van der Waals surface area contributed by atoms with Crippen molar-refractivity contribution in [1.82, 2.24) is 4.98 Å². The number of aliphatic hydroxyl groups is 4. The normalized spacial score (nSPS) is 29.2.